The van der Waals surface area contributed by atoms with Crippen molar-refractivity contribution in [2.24, 2.45) is 7.05 Å². The van der Waals surface area contributed by atoms with E-state index in [0.717, 1.165) is 54.8 Å². The van der Waals surface area contributed by atoms with Gasteiger partial charge >= 0.3 is 0 Å². The third kappa shape index (κ3) is 3.31. The summed E-state index contributed by atoms with van der Waals surface area (Å²) in [6.45, 7) is 1.83. The zero-order valence-electron chi connectivity index (χ0n) is 15.6. The summed E-state index contributed by atoms with van der Waals surface area (Å²) in [4.78, 5) is 2.49. The van der Waals surface area contributed by atoms with Gasteiger partial charge < -0.3 is 18.5 Å². The van der Waals surface area contributed by atoms with Crippen LogP contribution in [0.3, 0.4) is 0 Å². The Morgan fingerprint density at radius 3 is 2.96 bits per heavy atom. The van der Waals surface area contributed by atoms with E-state index >= 15 is 0 Å². The fourth-order valence-electron chi connectivity index (χ4n) is 4.31. The van der Waals surface area contributed by atoms with Gasteiger partial charge in [-0.2, -0.15) is 0 Å². The first-order chi connectivity index (χ1) is 12.6. The fourth-order valence-corrected chi connectivity index (χ4v) is 5.06. The molecular weight excluding hydrogens is 352 g/mol. The van der Waals surface area contributed by atoms with Crippen LogP contribution in [0, 0.1) is 0 Å². The highest BCUT2D eigenvalue weighted by Crippen LogP contribution is 2.43. The molecule has 8 heteroatoms. The topological polar surface area (TPSA) is 65.6 Å². The zero-order valence-corrected chi connectivity index (χ0v) is 16.4. The van der Waals surface area contributed by atoms with Gasteiger partial charge in [-0.15, -0.1) is 10.2 Å². The maximum atomic E-state index is 6.04. The van der Waals surface area contributed by atoms with Crippen molar-refractivity contribution in [1.29, 1.82) is 0 Å². The van der Waals surface area contributed by atoms with Gasteiger partial charge in [-0.3, -0.25) is 4.90 Å². The van der Waals surface area contributed by atoms with Crippen LogP contribution in [0.4, 0.5) is 0 Å². The normalized spacial score (nSPS) is 29.2. The van der Waals surface area contributed by atoms with Crippen LogP contribution in [-0.2, 0) is 23.1 Å². The molecule has 2 aromatic rings. The first kappa shape index (κ1) is 18.0. The van der Waals surface area contributed by atoms with E-state index in [1.165, 1.54) is 11.8 Å². The van der Waals surface area contributed by atoms with Crippen LogP contribution in [-0.4, -0.2) is 58.2 Å². The highest BCUT2D eigenvalue weighted by molar-refractivity contribution is 7.99. The largest absolute Gasteiger partial charge is 0.453 e. The van der Waals surface area contributed by atoms with E-state index in [1.807, 2.05) is 31.9 Å². The molecule has 7 nitrogen and oxygen atoms in total. The molecule has 0 amide bonds. The average Bonchev–Trinajstić information content (AvgIpc) is 3.36. The highest BCUT2D eigenvalue weighted by atomic mass is 32.2. The Morgan fingerprint density at radius 1 is 1.35 bits per heavy atom. The molecule has 2 aromatic heterocycles. The monoisotopic (exact) mass is 378 g/mol. The predicted octanol–water partition coefficient (Wildman–Crippen LogP) is 2.72. The summed E-state index contributed by atoms with van der Waals surface area (Å²) in [6, 6.07) is 4.45. The van der Waals surface area contributed by atoms with Gasteiger partial charge in [0, 0.05) is 33.9 Å². The fraction of sp³-hybridized carbons (Fsp3) is 0.667. The standard InChI is InChI=1S/C18H26N4O3S/c1-21-12-19-20-17(21)26-16-5-4-14(25-16)11-22-9-8-18(24-3)7-6-13(23-2)10-15(18)22/h4-5,12-13,15H,6-11H2,1-3H3/t13?,15?,18-/m1/s1. The number of furan rings is 1. The van der Waals surface area contributed by atoms with Gasteiger partial charge in [0.15, 0.2) is 10.2 Å². The molecule has 3 atom stereocenters. The first-order valence-corrected chi connectivity index (χ1v) is 9.88. The van der Waals surface area contributed by atoms with Crippen molar-refractivity contribution >= 4 is 11.8 Å². The molecule has 0 N–H and O–H groups in total. The molecule has 142 valence electrons. The molecule has 1 saturated heterocycles. The van der Waals surface area contributed by atoms with Crippen LogP contribution in [0.5, 0.6) is 0 Å². The van der Waals surface area contributed by atoms with E-state index in [4.69, 9.17) is 13.9 Å². The Hall–Kier alpha value is -1.35. The zero-order chi connectivity index (χ0) is 18.1. The quantitative estimate of drug-likeness (QED) is 0.766. The lowest BCUT2D eigenvalue weighted by Gasteiger charge is -2.43. The van der Waals surface area contributed by atoms with Crippen LogP contribution in [0.25, 0.3) is 0 Å². The van der Waals surface area contributed by atoms with Gasteiger partial charge in [-0.05, 0) is 49.6 Å². The molecule has 1 aliphatic carbocycles. The number of aromatic nitrogens is 3. The predicted molar refractivity (Wildman–Crippen MR) is 97.0 cm³/mol. The van der Waals surface area contributed by atoms with Crippen molar-refractivity contribution in [3.63, 3.8) is 0 Å². The number of nitrogens with zero attached hydrogens (tertiary/aromatic N) is 4. The molecule has 0 spiro atoms. The number of hydrogen-bond acceptors (Lipinski definition) is 7. The van der Waals surface area contributed by atoms with E-state index in [9.17, 15) is 0 Å². The lowest BCUT2D eigenvalue weighted by atomic mass is 9.79. The second kappa shape index (κ2) is 7.34. The molecule has 4 rings (SSSR count). The molecule has 0 radical (unpaired) electrons. The SMILES string of the molecule is COC1CC[C@@]2(OC)CCN(Cc3ccc(Sc4nncn4C)o3)C2C1. The third-order valence-electron chi connectivity index (χ3n) is 5.84. The van der Waals surface area contributed by atoms with E-state index in [-0.39, 0.29) is 5.60 Å². The maximum absolute atomic E-state index is 6.04. The number of likely N-dealkylation sites (tertiary alicyclic amines) is 1. The molecule has 2 aliphatic rings. The van der Waals surface area contributed by atoms with Gasteiger partial charge in [0.05, 0.1) is 18.2 Å². The van der Waals surface area contributed by atoms with Crippen LogP contribution < -0.4 is 0 Å². The molecule has 1 saturated carbocycles. The Labute approximate surface area is 158 Å². The number of ether oxygens (including phenoxy) is 2. The van der Waals surface area contributed by atoms with E-state index in [0.29, 0.717) is 12.1 Å². The Bertz CT molecular complexity index is 748. The summed E-state index contributed by atoms with van der Waals surface area (Å²) in [7, 11) is 5.59. The Kier molecular flexibility index (Phi) is 5.09. The minimum atomic E-state index is -0.0299. The molecule has 2 fully saturated rings. The molecule has 0 aromatic carbocycles. The molecular formula is C18H26N4O3S. The summed E-state index contributed by atoms with van der Waals surface area (Å²) in [6.07, 6.45) is 6.25. The van der Waals surface area contributed by atoms with E-state index < -0.39 is 0 Å². The summed E-state index contributed by atoms with van der Waals surface area (Å²) in [5, 5.41) is 9.65. The highest BCUT2D eigenvalue weighted by Gasteiger charge is 2.51. The minimum absolute atomic E-state index is 0.0299. The van der Waals surface area contributed by atoms with E-state index in [1.54, 1.807) is 6.33 Å². The summed E-state index contributed by atoms with van der Waals surface area (Å²) in [5.74, 6) is 0.973. The molecule has 26 heavy (non-hydrogen) atoms. The van der Waals surface area contributed by atoms with Crippen molar-refractivity contribution in [1.82, 2.24) is 19.7 Å². The lowest BCUT2D eigenvalue weighted by Crippen LogP contribution is -2.51. The van der Waals surface area contributed by atoms with Crippen molar-refractivity contribution in [3.8, 4) is 0 Å². The molecule has 1 aliphatic heterocycles. The number of rotatable bonds is 6. The van der Waals surface area contributed by atoms with Gasteiger partial charge in [0.1, 0.15) is 12.1 Å². The van der Waals surface area contributed by atoms with Crippen molar-refractivity contribution in [2.45, 2.75) is 60.2 Å². The maximum Gasteiger partial charge on any atom is 0.198 e. The molecule has 0 bridgehead atoms. The van der Waals surface area contributed by atoms with E-state index in [2.05, 4.69) is 21.2 Å². The summed E-state index contributed by atoms with van der Waals surface area (Å²) >= 11 is 1.49. The van der Waals surface area contributed by atoms with Crippen LogP contribution in [0.2, 0.25) is 0 Å². The Morgan fingerprint density at radius 2 is 2.23 bits per heavy atom. The number of hydrogen-bond donors (Lipinski definition) is 0. The van der Waals surface area contributed by atoms with Crippen molar-refractivity contribution in [2.75, 3.05) is 20.8 Å². The lowest BCUT2D eigenvalue weighted by molar-refractivity contribution is -0.0953. The summed E-state index contributed by atoms with van der Waals surface area (Å²) < 4.78 is 19.6. The van der Waals surface area contributed by atoms with Crippen LogP contribution >= 0.6 is 11.8 Å². The van der Waals surface area contributed by atoms with Gasteiger partial charge in [-0.25, -0.2) is 0 Å². The third-order valence-corrected chi connectivity index (χ3v) is 6.82. The smallest absolute Gasteiger partial charge is 0.198 e. The first-order valence-electron chi connectivity index (χ1n) is 9.06. The van der Waals surface area contributed by atoms with Crippen LogP contribution in [0.1, 0.15) is 31.4 Å². The minimum Gasteiger partial charge on any atom is -0.453 e. The summed E-state index contributed by atoms with van der Waals surface area (Å²) in [5.41, 5.74) is -0.0299. The van der Waals surface area contributed by atoms with Gasteiger partial charge in [0.2, 0.25) is 0 Å². The molecule has 3 heterocycles. The second-order valence-corrected chi connectivity index (χ2v) is 8.16. The Balaban J connectivity index is 1.45. The van der Waals surface area contributed by atoms with Gasteiger partial charge in [0.25, 0.3) is 0 Å². The average molecular weight is 378 g/mol. The number of methoxy groups -OCH3 is 2. The molecule has 2 unspecified atom stereocenters. The van der Waals surface area contributed by atoms with Crippen LogP contribution in [0.15, 0.2) is 33.1 Å². The van der Waals surface area contributed by atoms with Crippen molar-refractivity contribution in [3.05, 3.63) is 24.2 Å². The number of fused-ring (bicyclic) bond motifs is 1. The van der Waals surface area contributed by atoms with Gasteiger partial charge in [-0.1, -0.05) is 0 Å². The van der Waals surface area contributed by atoms with Crippen molar-refractivity contribution < 1.29 is 13.9 Å². The second-order valence-electron chi connectivity index (χ2n) is 7.18. The number of aryl methyl sites for hydroxylation is 1.